The molecule has 24 heavy (non-hydrogen) atoms. The first-order chi connectivity index (χ1) is 11.2. The lowest BCUT2D eigenvalue weighted by atomic mass is 10.2. The zero-order valence-electron chi connectivity index (χ0n) is 13.0. The molecule has 0 aromatic heterocycles. The molecule has 5 nitrogen and oxygen atoms in total. The van der Waals surface area contributed by atoms with Crippen molar-refractivity contribution < 1.29 is 13.2 Å². The molecule has 0 radical (unpaired) electrons. The maximum absolute atomic E-state index is 12.3. The van der Waals surface area contributed by atoms with Gasteiger partial charge in [0.2, 0.25) is 15.9 Å². The van der Waals surface area contributed by atoms with Gasteiger partial charge in [-0.3, -0.25) is 4.79 Å². The Bertz CT molecular complexity index is 854. The van der Waals surface area contributed by atoms with Gasteiger partial charge in [-0.25, -0.2) is 8.42 Å². The van der Waals surface area contributed by atoms with Crippen LogP contribution < -0.4 is 10.0 Å². The molecule has 0 aliphatic heterocycles. The highest BCUT2D eigenvalue weighted by Gasteiger charge is 2.22. The van der Waals surface area contributed by atoms with Gasteiger partial charge in [-0.05, 0) is 61.9 Å². The number of nitrogens with one attached hydrogen (secondary N) is 2. The van der Waals surface area contributed by atoms with E-state index in [2.05, 4.69) is 26.0 Å². The van der Waals surface area contributed by atoms with Gasteiger partial charge in [0.05, 0.1) is 10.9 Å². The molecule has 0 aliphatic rings. The van der Waals surface area contributed by atoms with Crippen molar-refractivity contribution in [3.8, 4) is 0 Å². The Morgan fingerprint density at radius 1 is 1.17 bits per heavy atom. The molecule has 2 rings (SSSR count). The SMILES string of the molecule is Cc1cc(Cl)ccc1NC(=O)[C@@H](C)NS(=O)(=O)c1ccc(Br)cc1. The number of carbonyl (C=O) groups is 1. The van der Waals surface area contributed by atoms with Crippen LogP contribution in [0.1, 0.15) is 12.5 Å². The highest BCUT2D eigenvalue weighted by atomic mass is 79.9. The summed E-state index contributed by atoms with van der Waals surface area (Å²) in [6.45, 7) is 3.29. The second-order valence-corrected chi connectivity index (χ2v) is 8.31. The zero-order chi connectivity index (χ0) is 17.9. The summed E-state index contributed by atoms with van der Waals surface area (Å²) in [7, 11) is -3.78. The fourth-order valence-corrected chi connectivity index (χ4v) is 3.67. The minimum Gasteiger partial charge on any atom is -0.324 e. The number of anilines is 1. The third kappa shape index (κ3) is 4.80. The highest BCUT2D eigenvalue weighted by molar-refractivity contribution is 9.10. The summed E-state index contributed by atoms with van der Waals surface area (Å²) in [6, 6.07) is 10.3. The number of benzene rings is 2. The maximum atomic E-state index is 12.3. The van der Waals surface area contributed by atoms with Crippen LogP contribution in [0.5, 0.6) is 0 Å². The third-order valence-corrected chi connectivity index (χ3v) is 5.62. The standard InChI is InChI=1S/C16H16BrClN2O3S/c1-10-9-13(18)5-8-15(10)19-16(21)11(2)20-24(22,23)14-6-3-12(17)4-7-14/h3-9,11,20H,1-2H3,(H,19,21)/t11-/m1/s1. The number of rotatable bonds is 5. The summed E-state index contributed by atoms with van der Waals surface area (Å²) in [5.41, 5.74) is 1.37. The van der Waals surface area contributed by atoms with Crippen molar-refractivity contribution in [2.75, 3.05) is 5.32 Å². The predicted octanol–water partition coefficient (Wildman–Crippen LogP) is 3.72. The van der Waals surface area contributed by atoms with Gasteiger partial charge >= 0.3 is 0 Å². The molecule has 0 heterocycles. The van der Waals surface area contributed by atoms with Crippen LogP contribution in [0, 0.1) is 6.92 Å². The van der Waals surface area contributed by atoms with E-state index in [-0.39, 0.29) is 4.90 Å². The van der Waals surface area contributed by atoms with Crippen LogP contribution in [-0.2, 0) is 14.8 Å². The molecule has 0 spiro atoms. The Balaban J connectivity index is 2.09. The first-order valence-corrected chi connectivity index (χ1v) is 9.69. The predicted molar refractivity (Wildman–Crippen MR) is 98.7 cm³/mol. The van der Waals surface area contributed by atoms with E-state index in [9.17, 15) is 13.2 Å². The number of hydrogen-bond donors (Lipinski definition) is 2. The van der Waals surface area contributed by atoms with E-state index in [0.717, 1.165) is 10.0 Å². The quantitative estimate of drug-likeness (QED) is 0.757. The summed E-state index contributed by atoms with van der Waals surface area (Å²) in [5.74, 6) is -0.457. The van der Waals surface area contributed by atoms with Gasteiger partial charge in [0, 0.05) is 15.2 Å². The molecule has 2 aromatic carbocycles. The minimum atomic E-state index is -3.78. The fourth-order valence-electron chi connectivity index (χ4n) is 1.98. The monoisotopic (exact) mass is 430 g/mol. The molecular weight excluding hydrogens is 416 g/mol. The molecule has 1 amide bonds. The first-order valence-electron chi connectivity index (χ1n) is 7.04. The number of halogens is 2. The van der Waals surface area contributed by atoms with Gasteiger partial charge in [-0.1, -0.05) is 27.5 Å². The second-order valence-electron chi connectivity index (χ2n) is 5.25. The number of amides is 1. The molecule has 0 unspecified atom stereocenters. The molecule has 2 aromatic rings. The van der Waals surface area contributed by atoms with E-state index in [4.69, 9.17) is 11.6 Å². The van der Waals surface area contributed by atoms with Gasteiger partial charge in [-0.2, -0.15) is 4.72 Å². The Hall–Kier alpha value is -1.41. The second kappa shape index (κ2) is 7.65. The van der Waals surface area contributed by atoms with E-state index in [1.807, 2.05) is 0 Å². The average Bonchev–Trinajstić information content (AvgIpc) is 2.50. The number of aryl methyl sites for hydroxylation is 1. The Morgan fingerprint density at radius 3 is 2.38 bits per heavy atom. The molecule has 0 fully saturated rings. The van der Waals surface area contributed by atoms with Crippen molar-refractivity contribution in [3.63, 3.8) is 0 Å². The molecule has 0 saturated heterocycles. The molecule has 128 valence electrons. The van der Waals surface area contributed by atoms with Crippen molar-refractivity contribution in [2.45, 2.75) is 24.8 Å². The Labute approximate surface area is 154 Å². The Morgan fingerprint density at radius 2 is 1.79 bits per heavy atom. The van der Waals surface area contributed by atoms with Crippen LogP contribution in [0.2, 0.25) is 5.02 Å². The van der Waals surface area contributed by atoms with Gasteiger partial charge in [0.15, 0.2) is 0 Å². The van der Waals surface area contributed by atoms with Crippen LogP contribution in [0.15, 0.2) is 51.8 Å². The topological polar surface area (TPSA) is 75.3 Å². The average molecular weight is 432 g/mol. The van der Waals surface area contributed by atoms with Crippen molar-refractivity contribution >= 4 is 49.1 Å². The molecule has 1 atom stereocenters. The maximum Gasteiger partial charge on any atom is 0.242 e. The van der Waals surface area contributed by atoms with Crippen molar-refractivity contribution in [1.29, 1.82) is 0 Å². The number of sulfonamides is 1. The smallest absolute Gasteiger partial charge is 0.242 e. The lowest BCUT2D eigenvalue weighted by Gasteiger charge is -2.15. The van der Waals surface area contributed by atoms with Crippen LogP contribution in [-0.4, -0.2) is 20.4 Å². The van der Waals surface area contributed by atoms with E-state index >= 15 is 0 Å². The van der Waals surface area contributed by atoms with Gasteiger partial charge in [-0.15, -0.1) is 0 Å². The minimum absolute atomic E-state index is 0.0908. The van der Waals surface area contributed by atoms with Gasteiger partial charge in [0.25, 0.3) is 0 Å². The molecular formula is C16H16BrClN2O3S. The molecule has 0 bridgehead atoms. The third-order valence-electron chi connectivity index (χ3n) is 3.30. The summed E-state index contributed by atoms with van der Waals surface area (Å²) in [4.78, 5) is 12.3. The molecule has 2 N–H and O–H groups in total. The van der Waals surface area contributed by atoms with E-state index in [1.54, 1.807) is 37.3 Å². The number of hydrogen-bond acceptors (Lipinski definition) is 3. The molecule has 0 aliphatic carbocycles. The van der Waals surface area contributed by atoms with Crippen molar-refractivity contribution in [1.82, 2.24) is 4.72 Å². The van der Waals surface area contributed by atoms with Gasteiger partial charge < -0.3 is 5.32 Å². The van der Waals surface area contributed by atoms with Gasteiger partial charge in [0.1, 0.15) is 0 Å². The van der Waals surface area contributed by atoms with E-state index < -0.39 is 22.0 Å². The van der Waals surface area contributed by atoms with Crippen LogP contribution >= 0.6 is 27.5 Å². The largest absolute Gasteiger partial charge is 0.324 e. The molecule has 8 heteroatoms. The lowest BCUT2D eigenvalue weighted by molar-refractivity contribution is -0.117. The van der Waals surface area contributed by atoms with Crippen molar-refractivity contribution in [3.05, 3.63) is 57.5 Å². The van der Waals surface area contributed by atoms with E-state index in [1.165, 1.54) is 19.1 Å². The van der Waals surface area contributed by atoms with Crippen LogP contribution in [0.4, 0.5) is 5.69 Å². The summed E-state index contributed by atoms with van der Waals surface area (Å²) < 4.78 is 27.7. The summed E-state index contributed by atoms with van der Waals surface area (Å²) >= 11 is 9.12. The lowest BCUT2D eigenvalue weighted by Crippen LogP contribution is -2.41. The van der Waals surface area contributed by atoms with Crippen LogP contribution in [0.25, 0.3) is 0 Å². The van der Waals surface area contributed by atoms with Crippen LogP contribution in [0.3, 0.4) is 0 Å². The first kappa shape index (κ1) is 18.9. The Kier molecular flexibility index (Phi) is 6.03. The zero-order valence-corrected chi connectivity index (χ0v) is 16.2. The van der Waals surface area contributed by atoms with E-state index in [0.29, 0.717) is 10.7 Å². The number of carbonyl (C=O) groups excluding carboxylic acids is 1. The highest BCUT2D eigenvalue weighted by Crippen LogP contribution is 2.20. The van der Waals surface area contributed by atoms with Crippen molar-refractivity contribution in [2.24, 2.45) is 0 Å². The summed E-state index contributed by atoms with van der Waals surface area (Å²) in [6.07, 6.45) is 0. The fraction of sp³-hybridized carbons (Fsp3) is 0.188. The molecule has 0 saturated carbocycles. The normalized spacial score (nSPS) is 12.7. The summed E-state index contributed by atoms with van der Waals surface area (Å²) in [5, 5.41) is 3.25.